The molecule has 19 heavy (non-hydrogen) atoms. The van der Waals surface area contributed by atoms with E-state index in [-0.39, 0.29) is 17.9 Å². The van der Waals surface area contributed by atoms with Gasteiger partial charge in [-0.2, -0.15) is 0 Å². The van der Waals surface area contributed by atoms with Crippen molar-refractivity contribution in [1.82, 2.24) is 19.5 Å². The molecule has 9 heteroatoms. The molecule has 3 heterocycles. The van der Waals surface area contributed by atoms with Crippen LogP contribution in [0.1, 0.15) is 6.23 Å². The smallest absolute Gasteiger partial charge is 0.207 e. The van der Waals surface area contributed by atoms with E-state index in [2.05, 4.69) is 15.0 Å². The van der Waals surface area contributed by atoms with Crippen LogP contribution in [-0.2, 0) is 4.74 Å². The van der Waals surface area contributed by atoms with Crippen molar-refractivity contribution in [3.63, 3.8) is 0 Å². The fraction of sp³-hybridized carbons (Fsp3) is 0.300. The standard InChI is InChI=1S/C10H10FN5O3/c11-1-4-6(17)7(18)10(19-4)16-3-15-5-8(12)13-2-14-9(5)16/h1-3,6-7,10,17-18H,(H2,12,13,14)/t6-,7-,10-/m1/s1. The Bertz CT molecular complexity index is 658. The van der Waals surface area contributed by atoms with E-state index in [9.17, 15) is 14.6 Å². The normalized spacial score (nSPS) is 29.0. The number of aromatic nitrogens is 4. The van der Waals surface area contributed by atoms with Crippen molar-refractivity contribution < 1.29 is 19.3 Å². The molecule has 0 aliphatic carbocycles. The van der Waals surface area contributed by atoms with Gasteiger partial charge in [0.25, 0.3) is 0 Å². The molecule has 0 aromatic carbocycles. The molecule has 3 rings (SSSR count). The Morgan fingerprint density at radius 1 is 1.37 bits per heavy atom. The number of nitrogens with zero attached hydrogens (tertiary/aromatic N) is 4. The van der Waals surface area contributed by atoms with Crippen molar-refractivity contribution in [2.45, 2.75) is 18.4 Å². The van der Waals surface area contributed by atoms with Crippen molar-refractivity contribution in [2.75, 3.05) is 5.73 Å². The fourth-order valence-electron chi connectivity index (χ4n) is 1.97. The number of rotatable bonds is 1. The Morgan fingerprint density at radius 2 is 2.16 bits per heavy atom. The molecule has 0 unspecified atom stereocenters. The van der Waals surface area contributed by atoms with Gasteiger partial charge >= 0.3 is 0 Å². The van der Waals surface area contributed by atoms with Crippen LogP contribution in [0, 0.1) is 0 Å². The average molecular weight is 267 g/mol. The monoisotopic (exact) mass is 267 g/mol. The van der Waals surface area contributed by atoms with Crippen molar-refractivity contribution in [1.29, 1.82) is 0 Å². The summed E-state index contributed by atoms with van der Waals surface area (Å²) >= 11 is 0. The SMILES string of the molecule is Nc1ncnc2c1ncn2[C@@H]1OC(=CF)[C@@H](O)[C@H]1O. The highest BCUT2D eigenvalue weighted by atomic mass is 19.1. The summed E-state index contributed by atoms with van der Waals surface area (Å²) < 4.78 is 19.0. The van der Waals surface area contributed by atoms with Crippen LogP contribution in [0.5, 0.6) is 0 Å². The summed E-state index contributed by atoms with van der Waals surface area (Å²) in [5.74, 6) is -0.167. The number of nitrogens with two attached hydrogens (primary N) is 1. The Kier molecular flexibility index (Phi) is 2.57. The number of imidazole rings is 1. The first-order valence-electron chi connectivity index (χ1n) is 5.39. The van der Waals surface area contributed by atoms with Gasteiger partial charge in [-0.15, -0.1) is 0 Å². The van der Waals surface area contributed by atoms with Crippen LogP contribution in [0.25, 0.3) is 11.2 Å². The third-order valence-corrected chi connectivity index (χ3v) is 2.93. The van der Waals surface area contributed by atoms with E-state index in [1.54, 1.807) is 0 Å². The summed E-state index contributed by atoms with van der Waals surface area (Å²) in [4.78, 5) is 11.8. The van der Waals surface area contributed by atoms with Crippen LogP contribution < -0.4 is 5.73 Å². The van der Waals surface area contributed by atoms with Gasteiger partial charge in [0.05, 0.1) is 0 Å². The van der Waals surface area contributed by atoms with Gasteiger partial charge in [-0.05, 0) is 0 Å². The van der Waals surface area contributed by atoms with E-state index in [1.807, 2.05) is 0 Å². The number of halogens is 1. The molecule has 2 aromatic rings. The van der Waals surface area contributed by atoms with Gasteiger partial charge in [-0.3, -0.25) is 4.57 Å². The third kappa shape index (κ3) is 1.63. The van der Waals surface area contributed by atoms with E-state index in [0.29, 0.717) is 11.2 Å². The number of hydrogen-bond acceptors (Lipinski definition) is 7. The minimum absolute atomic E-state index is 0.107. The lowest BCUT2D eigenvalue weighted by molar-refractivity contribution is -0.0120. The van der Waals surface area contributed by atoms with Gasteiger partial charge in [0.1, 0.15) is 36.7 Å². The first-order chi connectivity index (χ1) is 9.13. The lowest BCUT2D eigenvalue weighted by Crippen LogP contribution is -2.27. The maximum atomic E-state index is 12.5. The first-order valence-corrected chi connectivity index (χ1v) is 5.39. The number of aliphatic hydroxyl groups excluding tert-OH is 2. The molecule has 2 aromatic heterocycles. The summed E-state index contributed by atoms with van der Waals surface area (Å²) in [5.41, 5.74) is 6.29. The third-order valence-electron chi connectivity index (χ3n) is 2.93. The first kappa shape index (κ1) is 11.8. The largest absolute Gasteiger partial charge is 0.466 e. The highest BCUT2D eigenvalue weighted by Crippen LogP contribution is 2.33. The van der Waals surface area contributed by atoms with Crippen LogP contribution in [0.2, 0.25) is 0 Å². The highest BCUT2D eigenvalue weighted by molar-refractivity contribution is 5.81. The van der Waals surface area contributed by atoms with Gasteiger partial charge in [-0.25, -0.2) is 19.3 Å². The Morgan fingerprint density at radius 3 is 2.84 bits per heavy atom. The van der Waals surface area contributed by atoms with Crippen molar-refractivity contribution in [3.05, 3.63) is 24.7 Å². The van der Waals surface area contributed by atoms with E-state index >= 15 is 0 Å². The summed E-state index contributed by atoms with van der Waals surface area (Å²) in [6, 6.07) is 0. The van der Waals surface area contributed by atoms with Crippen molar-refractivity contribution >= 4 is 17.0 Å². The Balaban J connectivity index is 2.09. The number of hydrogen-bond donors (Lipinski definition) is 3. The predicted octanol–water partition coefficient (Wildman–Crippen LogP) is -0.530. The zero-order chi connectivity index (χ0) is 13.6. The summed E-state index contributed by atoms with van der Waals surface area (Å²) in [6.45, 7) is 0. The molecule has 100 valence electrons. The summed E-state index contributed by atoms with van der Waals surface area (Å²) in [7, 11) is 0. The topological polar surface area (TPSA) is 119 Å². The van der Waals surface area contributed by atoms with E-state index in [0.717, 1.165) is 0 Å². The molecule has 0 bridgehead atoms. The molecule has 0 amide bonds. The van der Waals surface area contributed by atoms with E-state index < -0.39 is 18.4 Å². The molecule has 0 radical (unpaired) electrons. The molecule has 1 aliphatic rings. The molecular weight excluding hydrogens is 257 g/mol. The Labute approximate surface area is 106 Å². The van der Waals surface area contributed by atoms with Gasteiger partial charge in [-0.1, -0.05) is 0 Å². The van der Waals surface area contributed by atoms with Gasteiger partial charge in [0.2, 0.25) is 6.23 Å². The summed E-state index contributed by atoms with van der Waals surface area (Å²) in [5, 5.41) is 19.4. The fourth-order valence-corrected chi connectivity index (χ4v) is 1.97. The lowest BCUT2D eigenvalue weighted by atomic mass is 10.2. The predicted molar refractivity (Wildman–Crippen MR) is 61.1 cm³/mol. The molecule has 3 atom stereocenters. The number of aliphatic hydroxyl groups is 2. The number of ether oxygens (including phenoxy) is 1. The minimum Gasteiger partial charge on any atom is -0.466 e. The molecule has 0 saturated carbocycles. The second-order valence-electron chi connectivity index (χ2n) is 4.04. The van der Waals surface area contributed by atoms with E-state index in [4.69, 9.17) is 10.5 Å². The van der Waals surface area contributed by atoms with E-state index in [1.165, 1.54) is 17.2 Å². The molecule has 1 fully saturated rings. The average Bonchev–Trinajstić information content (AvgIpc) is 2.94. The zero-order valence-corrected chi connectivity index (χ0v) is 9.51. The van der Waals surface area contributed by atoms with Gasteiger partial charge < -0.3 is 20.7 Å². The van der Waals surface area contributed by atoms with Crippen LogP contribution in [-0.4, -0.2) is 41.9 Å². The van der Waals surface area contributed by atoms with Gasteiger partial charge in [0, 0.05) is 0 Å². The minimum atomic E-state index is -1.44. The van der Waals surface area contributed by atoms with Crippen molar-refractivity contribution in [3.8, 4) is 0 Å². The van der Waals surface area contributed by atoms with Crippen LogP contribution in [0.15, 0.2) is 24.7 Å². The Hall–Kier alpha value is -2.26. The maximum absolute atomic E-state index is 12.5. The molecule has 8 nitrogen and oxygen atoms in total. The number of nitrogen functional groups attached to an aromatic ring is 1. The van der Waals surface area contributed by atoms with Crippen LogP contribution in [0.3, 0.4) is 0 Å². The number of fused-ring (bicyclic) bond motifs is 1. The van der Waals surface area contributed by atoms with Gasteiger partial charge in [0.15, 0.2) is 17.2 Å². The second-order valence-corrected chi connectivity index (χ2v) is 4.04. The van der Waals surface area contributed by atoms with Crippen molar-refractivity contribution in [2.24, 2.45) is 0 Å². The number of anilines is 1. The molecular formula is C10H10FN5O3. The van der Waals surface area contributed by atoms with Crippen LogP contribution in [0.4, 0.5) is 10.2 Å². The second kappa shape index (κ2) is 4.14. The molecule has 0 spiro atoms. The molecule has 4 N–H and O–H groups in total. The highest BCUT2D eigenvalue weighted by Gasteiger charge is 2.41. The maximum Gasteiger partial charge on any atom is 0.207 e. The molecule has 1 aliphatic heterocycles. The summed E-state index contributed by atoms with van der Waals surface area (Å²) in [6.07, 6.45) is -1.13. The van der Waals surface area contributed by atoms with Crippen LogP contribution >= 0.6 is 0 Å². The lowest BCUT2D eigenvalue weighted by Gasteiger charge is -2.15. The quantitative estimate of drug-likeness (QED) is 0.635. The molecule has 1 saturated heterocycles. The zero-order valence-electron chi connectivity index (χ0n) is 9.51.